The minimum absolute atomic E-state index is 0.0631. The summed E-state index contributed by atoms with van der Waals surface area (Å²) in [4.78, 5) is 26.8. The molecule has 2 N–H and O–H groups in total. The van der Waals surface area contributed by atoms with Crippen molar-refractivity contribution in [3.05, 3.63) is 77.5 Å². The number of aromatic nitrogens is 2. The van der Waals surface area contributed by atoms with Crippen LogP contribution >= 0.6 is 0 Å². The zero-order chi connectivity index (χ0) is 20.5. The number of anilines is 2. The zero-order valence-corrected chi connectivity index (χ0v) is 16.7. The lowest BCUT2D eigenvalue weighted by molar-refractivity contribution is -0.117. The molecule has 1 unspecified atom stereocenters. The molecule has 5 rings (SSSR count). The van der Waals surface area contributed by atoms with Gasteiger partial charge in [-0.25, -0.2) is 0 Å². The Hall–Kier alpha value is -3.41. The Labute approximate surface area is 175 Å². The molecular formula is C24H24N4O2. The summed E-state index contributed by atoms with van der Waals surface area (Å²) in [5.74, 6) is 1.19. The molecule has 0 bridgehead atoms. The second-order valence-corrected chi connectivity index (χ2v) is 8.10. The van der Waals surface area contributed by atoms with E-state index in [4.69, 9.17) is 0 Å². The van der Waals surface area contributed by atoms with Crippen LogP contribution < -0.4 is 10.2 Å². The topological polar surface area (TPSA) is 78.1 Å². The first-order valence-electron chi connectivity index (χ1n) is 10.5. The predicted molar refractivity (Wildman–Crippen MR) is 115 cm³/mol. The minimum Gasteiger partial charge on any atom is -0.309 e. The van der Waals surface area contributed by atoms with Crippen LogP contribution in [0.1, 0.15) is 54.5 Å². The lowest BCUT2D eigenvalue weighted by atomic mass is 10.0. The number of hydrogen-bond acceptors (Lipinski definition) is 3. The Morgan fingerprint density at radius 1 is 1.07 bits per heavy atom. The molecule has 1 aliphatic carbocycles. The standard InChI is InChI=1S/C24H24N4O2/c29-23(25-22-15-20(26-27-22)17-8-9-17)14-16-6-10-19(11-7-16)28-21(12-13-24(28)30)18-4-2-1-3-5-18/h1-7,10-11,15,17,21H,8-9,12-14H2,(H2,25,26,27,29). The summed E-state index contributed by atoms with van der Waals surface area (Å²) >= 11 is 0. The lowest BCUT2D eigenvalue weighted by Crippen LogP contribution is -2.27. The molecule has 2 heterocycles. The molecule has 1 atom stereocenters. The van der Waals surface area contributed by atoms with Gasteiger partial charge in [0.05, 0.1) is 12.5 Å². The summed E-state index contributed by atoms with van der Waals surface area (Å²) in [7, 11) is 0. The summed E-state index contributed by atoms with van der Waals surface area (Å²) in [5, 5.41) is 10.0. The Balaban J connectivity index is 1.25. The molecule has 2 aliphatic rings. The van der Waals surface area contributed by atoms with E-state index >= 15 is 0 Å². The quantitative estimate of drug-likeness (QED) is 0.646. The van der Waals surface area contributed by atoms with Crippen molar-refractivity contribution in [2.24, 2.45) is 0 Å². The lowest BCUT2D eigenvalue weighted by Gasteiger charge is -2.25. The number of amides is 2. The molecule has 1 aliphatic heterocycles. The Kier molecular flexibility index (Phi) is 4.83. The van der Waals surface area contributed by atoms with Crippen molar-refractivity contribution >= 4 is 23.3 Å². The first kappa shape index (κ1) is 18.6. The van der Waals surface area contributed by atoms with E-state index < -0.39 is 0 Å². The highest BCUT2D eigenvalue weighted by molar-refractivity contribution is 5.96. The molecule has 6 nitrogen and oxygen atoms in total. The average molecular weight is 400 g/mol. The largest absolute Gasteiger partial charge is 0.309 e. The van der Waals surface area contributed by atoms with Gasteiger partial charge < -0.3 is 10.2 Å². The second-order valence-electron chi connectivity index (χ2n) is 8.10. The minimum atomic E-state index is -0.101. The molecule has 2 amide bonds. The molecule has 0 radical (unpaired) electrons. The number of carbonyl (C=O) groups excluding carboxylic acids is 2. The van der Waals surface area contributed by atoms with Crippen LogP contribution in [0.3, 0.4) is 0 Å². The fraction of sp³-hybridized carbons (Fsp3) is 0.292. The zero-order valence-electron chi connectivity index (χ0n) is 16.7. The van der Waals surface area contributed by atoms with Crippen molar-refractivity contribution in [2.45, 2.75) is 44.1 Å². The highest BCUT2D eigenvalue weighted by Crippen LogP contribution is 2.39. The maximum absolute atomic E-state index is 12.5. The molecular weight excluding hydrogens is 376 g/mol. The maximum Gasteiger partial charge on any atom is 0.229 e. The van der Waals surface area contributed by atoms with E-state index in [1.165, 1.54) is 12.8 Å². The molecule has 30 heavy (non-hydrogen) atoms. The highest BCUT2D eigenvalue weighted by Gasteiger charge is 2.33. The van der Waals surface area contributed by atoms with Crippen LogP contribution in [0.25, 0.3) is 0 Å². The van der Waals surface area contributed by atoms with Crippen LogP contribution in [0.4, 0.5) is 11.5 Å². The third kappa shape index (κ3) is 3.85. The number of benzene rings is 2. The van der Waals surface area contributed by atoms with E-state index in [0.717, 1.165) is 28.9 Å². The molecule has 6 heteroatoms. The Morgan fingerprint density at radius 2 is 1.83 bits per heavy atom. The van der Waals surface area contributed by atoms with Crippen molar-refractivity contribution in [1.29, 1.82) is 0 Å². The highest BCUT2D eigenvalue weighted by atomic mass is 16.2. The molecule has 1 aromatic heterocycles. The molecule has 1 saturated heterocycles. The number of carbonyl (C=O) groups is 2. The first-order valence-corrected chi connectivity index (χ1v) is 10.5. The van der Waals surface area contributed by atoms with E-state index in [9.17, 15) is 9.59 Å². The van der Waals surface area contributed by atoms with E-state index in [2.05, 4.69) is 27.6 Å². The fourth-order valence-electron chi connectivity index (χ4n) is 4.15. The predicted octanol–water partition coefficient (Wildman–Crippen LogP) is 4.34. The molecule has 1 saturated carbocycles. The van der Waals surface area contributed by atoms with E-state index in [-0.39, 0.29) is 24.3 Å². The van der Waals surface area contributed by atoms with Gasteiger partial charge in [0.15, 0.2) is 5.82 Å². The molecule has 3 aromatic rings. The third-order valence-electron chi connectivity index (χ3n) is 5.86. The van der Waals surface area contributed by atoms with Gasteiger partial charge in [-0.1, -0.05) is 42.5 Å². The monoisotopic (exact) mass is 400 g/mol. The van der Waals surface area contributed by atoms with Crippen LogP contribution in [0.15, 0.2) is 60.7 Å². The van der Waals surface area contributed by atoms with Gasteiger partial charge in [0, 0.05) is 29.8 Å². The summed E-state index contributed by atoms with van der Waals surface area (Å²) in [6.07, 6.45) is 4.01. The van der Waals surface area contributed by atoms with Gasteiger partial charge in [-0.05, 0) is 42.5 Å². The molecule has 0 spiro atoms. The van der Waals surface area contributed by atoms with Crippen molar-refractivity contribution in [3.8, 4) is 0 Å². The number of hydrogen-bond donors (Lipinski definition) is 2. The number of nitrogens with zero attached hydrogens (tertiary/aromatic N) is 2. The van der Waals surface area contributed by atoms with Crippen molar-refractivity contribution < 1.29 is 9.59 Å². The average Bonchev–Trinajstić information content (AvgIpc) is 3.39. The molecule has 2 fully saturated rings. The van der Waals surface area contributed by atoms with Crippen LogP contribution in [-0.4, -0.2) is 22.0 Å². The summed E-state index contributed by atoms with van der Waals surface area (Å²) in [6, 6.07) is 19.8. The maximum atomic E-state index is 12.5. The van der Waals surface area contributed by atoms with Gasteiger partial charge in [0.1, 0.15) is 0 Å². The molecule has 2 aromatic carbocycles. The second kappa shape index (κ2) is 7.78. The Morgan fingerprint density at radius 3 is 2.57 bits per heavy atom. The number of H-pyrrole nitrogens is 1. The Bertz CT molecular complexity index is 1050. The van der Waals surface area contributed by atoms with Crippen LogP contribution in [0.2, 0.25) is 0 Å². The van der Waals surface area contributed by atoms with Crippen LogP contribution in [0, 0.1) is 0 Å². The summed E-state index contributed by atoms with van der Waals surface area (Å²) < 4.78 is 0. The number of rotatable bonds is 6. The van der Waals surface area contributed by atoms with Crippen LogP contribution in [0.5, 0.6) is 0 Å². The van der Waals surface area contributed by atoms with Gasteiger partial charge in [0.25, 0.3) is 0 Å². The summed E-state index contributed by atoms with van der Waals surface area (Å²) in [6.45, 7) is 0. The van der Waals surface area contributed by atoms with Gasteiger partial charge in [-0.2, -0.15) is 5.10 Å². The smallest absolute Gasteiger partial charge is 0.229 e. The van der Waals surface area contributed by atoms with Gasteiger partial charge in [0.2, 0.25) is 11.8 Å². The number of nitrogens with one attached hydrogen (secondary N) is 2. The number of aromatic amines is 1. The summed E-state index contributed by atoms with van der Waals surface area (Å²) in [5.41, 5.74) is 4.02. The SMILES string of the molecule is O=C(Cc1ccc(N2C(=O)CCC2c2ccccc2)cc1)Nc1cc(C2CC2)[nH]n1. The van der Waals surface area contributed by atoms with E-state index in [1.807, 2.05) is 53.4 Å². The van der Waals surface area contributed by atoms with Gasteiger partial charge in [-0.15, -0.1) is 0 Å². The normalized spacial score (nSPS) is 18.6. The van der Waals surface area contributed by atoms with Gasteiger partial charge >= 0.3 is 0 Å². The fourth-order valence-corrected chi connectivity index (χ4v) is 4.15. The van der Waals surface area contributed by atoms with E-state index in [1.54, 1.807) is 0 Å². The van der Waals surface area contributed by atoms with E-state index in [0.29, 0.717) is 18.2 Å². The van der Waals surface area contributed by atoms with Crippen molar-refractivity contribution in [3.63, 3.8) is 0 Å². The van der Waals surface area contributed by atoms with Crippen molar-refractivity contribution in [1.82, 2.24) is 10.2 Å². The first-order chi connectivity index (χ1) is 14.7. The third-order valence-corrected chi connectivity index (χ3v) is 5.86. The van der Waals surface area contributed by atoms with Crippen molar-refractivity contribution in [2.75, 3.05) is 10.2 Å². The van der Waals surface area contributed by atoms with Crippen LogP contribution in [-0.2, 0) is 16.0 Å². The van der Waals surface area contributed by atoms with Gasteiger partial charge in [-0.3, -0.25) is 14.7 Å². The molecule has 152 valence electrons.